The minimum absolute atomic E-state index is 0.00656. The summed E-state index contributed by atoms with van der Waals surface area (Å²) in [6.07, 6.45) is 3.60. The van der Waals surface area contributed by atoms with E-state index < -0.39 is 5.91 Å². The molecular weight excluding hydrogens is 290 g/mol. The van der Waals surface area contributed by atoms with Gasteiger partial charge in [-0.1, -0.05) is 23.7 Å². The minimum atomic E-state index is -0.495. The predicted octanol–water partition coefficient (Wildman–Crippen LogP) is 2.45. The molecule has 0 bridgehead atoms. The van der Waals surface area contributed by atoms with Crippen LogP contribution in [0.2, 0.25) is 5.02 Å². The second kappa shape index (κ2) is 7.67. The second-order valence-corrected chi connectivity index (χ2v) is 5.05. The van der Waals surface area contributed by atoms with E-state index in [2.05, 4.69) is 10.6 Å². The summed E-state index contributed by atoms with van der Waals surface area (Å²) in [5.74, 6) is -0.495. The van der Waals surface area contributed by atoms with Gasteiger partial charge in [0.2, 0.25) is 0 Å². The van der Waals surface area contributed by atoms with E-state index in [9.17, 15) is 4.79 Å². The quantitative estimate of drug-likeness (QED) is 0.647. The maximum atomic E-state index is 12.0. The maximum absolute atomic E-state index is 12.0. The van der Waals surface area contributed by atoms with Crippen molar-refractivity contribution >= 4 is 23.2 Å². The number of anilines is 1. The fourth-order valence-corrected chi connectivity index (χ4v) is 2.18. The van der Waals surface area contributed by atoms with E-state index in [1.807, 2.05) is 6.07 Å². The Morgan fingerprint density at radius 2 is 2.33 bits per heavy atom. The number of nitrogens with one attached hydrogen (secondary N) is 2. The molecule has 1 fully saturated rings. The summed E-state index contributed by atoms with van der Waals surface area (Å²) >= 11 is 5.96. The first kappa shape index (κ1) is 15.4. The lowest BCUT2D eigenvalue weighted by atomic mass is 10.2. The summed E-state index contributed by atoms with van der Waals surface area (Å²) < 4.78 is 5.45. The molecule has 2 rings (SSSR count). The van der Waals surface area contributed by atoms with Crippen LogP contribution in [0.4, 0.5) is 5.69 Å². The average molecular weight is 306 g/mol. The number of carbonyl (C=O) groups excluding carboxylic acids is 1. The molecule has 1 heterocycles. The molecule has 1 aromatic rings. The van der Waals surface area contributed by atoms with Gasteiger partial charge in [0.1, 0.15) is 11.6 Å². The third-order valence-corrected chi connectivity index (χ3v) is 3.43. The summed E-state index contributed by atoms with van der Waals surface area (Å²) in [5.41, 5.74) is 0.470. The smallest absolute Gasteiger partial charge is 0.267 e. The number of nitrogens with zero attached hydrogens (tertiary/aromatic N) is 1. The van der Waals surface area contributed by atoms with Crippen molar-refractivity contribution in [1.82, 2.24) is 5.32 Å². The highest BCUT2D eigenvalue weighted by atomic mass is 35.5. The molecule has 1 aliphatic heterocycles. The molecule has 6 heteroatoms. The molecule has 21 heavy (non-hydrogen) atoms. The third kappa shape index (κ3) is 4.48. The van der Waals surface area contributed by atoms with E-state index in [1.165, 1.54) is 6.20 Å². The van der Waals surface area contributed by atoms with Crippen LogP contribution in [-0.2, 0) is 9.53 Å². The van der Waals surface area contributed by atoms with Crippen molar-refractivity contribution in [2.24, 2.45) is 0 Å². The van der Waals surface area contributed by atoms with Crippen molar-refractivity contribution < 1.29 is 9.53 Å². The molecule has 5 nitrogen and oxygen atoms in total. The van der Waals surface area contributed by atoms with Gasteiger partial charge in [0.15, 0.2) is 0 Å². The van der Waals surface area contributed by atoms with Gasteiger partial charge in [0, 0.05) is 19.4 Å². The maximum Gasteiger partial charge on any atom is 0.267 e. The van der Waals surface area contributed by atoms with Crippen LogP contribution in [0.15, 0.2) is 36.0 Å². The number of rotatable bonds is 5. The van der Waals surface area contributed by atoms with Gasteiger partial charge in [-0.05, 0) is 25.0 Å². The van der Waals surface area contributed by atoms with Gasteiger partial charge in [-0.25, -0.2) is 0 Å². The summed E-state index contributed by atoms with van der Waals surface area (Å²) in [6.45, 7) is 1.36. The Morgan fingerprint density at radius 1 is 1.52 bits per heavy atom. The number of hydrogen-bond donors (Lipinski definition) is 2. The number of benzene rings is 1. The summed E-state index contributed by atoms with van der Waals surface area (Å²) in [4.78, 5) is 12.0. The fourth-order valence-electron chi connectivity index (χ4n) is 2.00. The second-order valence-electron chi connectivity index (χ2n) is 4.65. The van der Waals surface area contributed by atoms with Crippen molar-refractivity contribution in [1.29, 1.82) is 5.26 Å². The molecule has 0 spiro atoms. The van der Waals surface area contributed by atoms with Crippen molar-refractivity contribution in [2.45, 2.75) is 18.9 Å². The fraction of sp³-hybridized carbons (Fsp3) is 0.333. The first-order valence-electron chi connectivity index (χ1n) is 6.72. The number of halogens is 1. The van der Waals surface area contributed by atoms with E-state index in [-0.39, 0.29) is 11.7 Å². The number of carbonyl (C=O) groups is 1. The van der Waals surface area contributed by atoms with Gasteiger partial charge in [-0.2, -0.15) is 5.26 Å². The molecule has 1 amide bonds. The van der Waals surface area contributed by atoms with E-state index in [0.29, 0.717) is 17.3 Å². The van der Waals surface area contributed by atoms with Gasteiger partial charge in [0.05, 0.1) is 16.8 Å². The third-order valence-electron chi connectivity index (χ3n) is 3.10. The van der Waals surface area contributed by atoms with Crippen molar-refractivity contribution in [2.75, 3.05) is 18.5 Å². The summed E-state index contributed by atoms with van der Waals surface area (Å²) in [6, 6.07) is 8.74. The summed E-state index contributed by atoms with van der Waals surface area (Å²) in [7, 11) is 0. The Bertz CT molecular complexity index is 575. The monoisotopic (exact) mass is 305 g/mol. The Hall–Kier alpha value is -2.03. The zero-order valence-corrected chi connectivity index (χ0v) is 12.2. The lowest BCUT2D eigenvalue weighted by Crippen LogP contribution is -2.24. The van der Waals surface area contributed by atoms with Gasteiger partial charge >= 0.3 is 0 Å². The highest BCUT2D eigenvalue weighted by molar-refractivity contribution is 6.33. The van der Waals surface area contributed by atoms with Crippen LogP contribution in [0.3, 0.4) is 0 Å². The van der Waals surface area contributed by atoms with Gasteiger partial charge in [-0.15, -0.1) is 0 Å². The molecule has 0 aliphatic carbocycles. The van der Waals surface area contributed by atoms with E-state index >= 15 is 0 Å². The zero-order chi connectivity index (χ0) is 15.1. The normalized spacial score (nSPS) is 18.1. The average Bonchev–Trinajstić information content (AvgIpc) is 2.99. The number of amides is 1. The number of hydrogen-bond acceptors (Lipinski definition) is 4. The molecule has 1 saturated heterocycles. The largest absolute Gasteiger partial charge is 0.387 e. The lowest BCUT2D eigenvalue weighted by Gasteiger charge is -2.09. The standard InChI is InChI=1S/C15H16ClN3O2/c16-13-5-1-2-6-14(13)19-15(20)11(8-17)9-18-10-12-4-3-7-21-12/h1-2,5-6,9,12,18H,3-4,7,10H2,(H,19,20)/b11-9-. The highest BCUT2D eigenvalue weighted by Gasteiger charge is 2.15. The van der Waals surface area contributed by atoms with Crippen LogP contribution >= 0.6 is 11.6 Å². The number of ether oxygens (including phenoxy) is 1. The van der Waals surface area contributed by atoms with Crippen molar-refractivity contribution in [3.8, 4) is 6.07 Å². The highest BCUT2D eigenvalue weighted by Crippen LogP contribution is 2.20. The van der Waals surface area contributed by atoms with Crippen molar-refractivity contribution in [3.05, 3.63) is 41.1 Å². The Balaban J connectivity index is 1.92. The Labute approximate surface area is 128 Å². The van der Waals surface area contributed by atoms with Gasteiger partial charge in [-0.3, -0.25) is 4.79 Å². The van der Waals surface area contributed by atoms with Gasteiger partial charge in [0.25, 0.3) is 5.91 Å². The molecule has 1 aromatic carbocycles. The minimum Gasteiger partial charge on any atom is -0.387 e. The molecule has 0 saturated carbocycles. The molecule has 0 aromatic heterocycles. The molecule has 0 radical (unpaired) electrons. The first-order chi connectivity index (χ1) is 10.2. The predicted molar refractivity (Wildman–Crippen MR) is 80.8 cm³/mol. The van der Waals surface area contributed by atoms with E-state index in [4.69, 9.17) is 21.6 Å². The lowest BCUT2D eigenvalue weighted by molar-refractivity contribution is -0.112. The van der Waals surface area contributed by atoms with Crippen LogP contribution in [-0.4, -0.2) is 25.2 Å². The van der Waals surface area contributed by atoms with Crippen molar-refractivity contribution in [3.63, 3.8) is 0 Å². The number of nitriles is 1. The Kier molecular flexibility index (Phi) is 5.61. The first-order valence-corrected chi connectivity index (χ1v) is 7.09. The van der Waals surface area contributed by atoms with Crippen LogP contribution in [0.25, 0.3) is 0 Å². The van der Waals surface area contributed by atoms with E-state index in [0.717, 1.165) is 19.4 Å². The topological polar surface area (TPSA) is 74.1 Å². The molecule has 110 valence electrons. The van der Waals surface area contributed by atoms with Crippen LogP contribution in [0, 0.1) is 11.3 Å². The van der Waals surface area contributed by atoms with Gasteiger partial charge < -0.3 is 15.4 Å². The zero-order valence-electron chi connectivity index (χ0n) is 11.4. The molecule has 1 aliphatic rings. The number of para-hydroxylation sites is 1. The van der Waals surface area contributed by atoms with Crippen LogP contribution in [0.5, 0.6) is 0 Å². The molecule has 1 unspecified atom stereocenters. The Morgan fingerprint density at radius 3 is 3.00 bits per heavy atom. The van der Waals surface area contributed by atoms with Crippen LogP contribution < -0.4 is 10.6 Å². The summed E-state index contributed by atoms with van der Waals surface area (Å²) in [5, 5.41) is 15.0. The molecule has 1 atom stereocenters. The van der Waals surface area contributed by atoms with Crippen LogP contribution in [0.1, 0.15) is 12.8 Å². The SMILES string of the molecule is N#C/C(=C/NCC1CCCO1)C(=O)Nc1ccccc1Cl. The molecule has 2 N–H and O–H groups in total. The molecular formula is C15H16ClN3O2. The van der Waals surface area contributed by atoms with E-state index in [1.54, 1.807) is 24.3 Å².